The number of hydrogen-bond acceptors (Lipinski definition) is 1. The lowest BCUT2D eigenvalue weighted by Gasteiger charge is -2.45. The summed E-state index contributed by atoms with van der Waals surface area (Å²) < 4.78 is 0. The van der Waals surface area contributed by atoms with E-state index in [1.807, 2.05) is 0 Å². The molecule has 0 aromatic heterocycles. The van der Waals surface area contributed by atoms with Gasteiger partial charge in [-0.25, -0.2) is 0 Å². The molecule has 1 nitrogen and oxygen atoms in total. The van der Waals surface area contributed by atoms with Gasteiger partial charge in [-0.3, -0.25) is 4.90 Å². The Hall–Kier alpha value is -0.300. The van der Waals surface area contributed by atoms with E-state index in [1.54, 1.807) is 0 Å². The van der Waals surface area contributed by atoms with Crippen molar-refractivity contribution in [1.29, 1.82) is 0 Å². The molecule has 0 spiro atoms. The summed E-state index contributed by atoms with van der Waals surface area (Å²) in [5, 5.41) is 0. The normalized spacial score (nSPS) is 33.6. The lowest BCUT2D eigenvalue weighted by atomic mass is 9.80. The molecule has 2 aliphatic heterocycles. The minimum absolute atomic E-state index is 0.897. The Morgan fingerprint density at radius 3 is 2.46 bits per heavy atom. The highest BCUT2D eigenvalue weighted by molar-refractivity contribution is 5.00. The molecule has 74 valence electrons. The molecule has 0 N–H and O–H groups in total. The Labute approximate surface area is 81.8 Å². The zero-order chi connectivity index (χ0) is 9.26. The molecule has 1 saturated carbocycles. The van der Waals surface area contributed by atoms with Crippen LogP contribution in [-0.2, 0) is 0 Å². The van der Waals surface area contributed by atoms with Gasteiger partial charge in [0.15, 0.2) is 0 Å². The van der Waals surface area contributed by atoms with Gasteiger partial charge in [0.2, 0.25) is 0 Å². The lowest BCUT2D eigenvalue weighted by molar-refractivity contribution is 0.0568. The smallest absolute Gasteiger partial charge is 0.0193 e. The second-order valence-corrected chi connectivity index (χ2v) is 4.71. The third kappa shape index (κ3) is 1.96. The zero-order valence-electron chi connectivity index (χ0n) is 8.76. The molecule has 1 heteroatoms. The number of piperidine rings is 2. The largest absolute Gasteiger partial charge is 0.296 e. The van der Waals surface area contributed by atoms with Crippen molar-refractivity contribution in [3.8, 4) is 0 Å². The quantitative estimate of drug-likeness (QED) is 0.602. The summed E-state index contributed by atoms with van der Waals surface area (Å²) in [4.78, 5) is 2.67. The van der Waals surface area contributed by atoms with Crippen molar-refractivity contribution in [3.63, 3.8) is 0 Å². The van der Waals surface area contributed by atoms with Crippen LogP contribution in [-0.4, -0.2) is 24.0 Å². The highest BCUT2D eigenvalue weighted by atomic mass is 15.2. The van der Waals surface area contributed by atoms with Gasteiger partial charge in [0.05, 0.1) is 0 Å². The van der Waals surface area contributed by atoms with Crippen LogP contribution in [0.15, 0.2) is 12.2 Å². The summed E-state index contributed by atoms with van der Waals surface area (Å²) in [7, 11) is 0. The minimum Gasteiger partial charge on any atom is -0.296 e. The maximum Gasteiger partial charge on any atom is 0.0193 e. The van der Waals surface area contributed by atoms with Crippen LogP contribution in [0.1, 0.15) is 39.0 Å². The summed E-state index contributed by atoms with van der Waals surface area (Å²) in [6.45, 7) is 8.84. The van der Waals surface area contributed by atoms with E-state index in [0.717, 1.165) is 24.9 Å². The van der Waals surface area contributed by atoms with E-state index < -0.39 is 0 Å². The minimum atomic E-state index is 0.897. The van der Waals surface area contributed by atoms with Crippen LogP contribution in [0.2, 0.25) is 0 Å². The van der Waals surface area contributed by atoms with Gasteiger partial charge in [-0.15, -0.1) is 0 Å². The Morgan fingerprint density at radius 2 is 2.00 bits per heavy atom. The van der Waals surface area contributed by atoms with Gasteiger partial charge in [0, 0.05) is 19.1 Å². The van der Waals surface area contributed by atoms with Gasteiger partial charge in [-0.2, -0.15) is 0 Å². The van der Waals surface area contributed by atoms with Crippen LogP contribution >= 0.6 is 0 Å². The standard InChI is InChI=1S/C12H21N/c1-3-10(2)8-13-9-11-4-6-12(13)7-5-11/h11-12H,2-9H2,1H3. The second kappa shape index (κ2) is 3.83. The lowest BCUT2D eigenvalue weighted by Crippen LogP contribution is -2.48. The maximum absolute atomic E-state index is 4.11. The molecule has 0 aromatic carbocycles. The predicted molar refractivity (Wildman–Crippen MR) is 56.8 cm³/mol. The zero-order valence-corrected chi connectivity index (χ0v) is 8.76. The molecule has 2 heterocycles. The molecule has 3 fully saturated rings. The van der Waals surface area contributed by atoms with E-state index in [9.17, 15) is 0 Å². The highest BCUT2D eigenvalue weighted by Crippen LogP contribution is 2.34. The molecule has 3 rings (SSSR count). The van der Waals surface area contributed by atoms with Crippen molar-refractivity contribution < 1.29 is 0 Å². The molecule has 1 aliphatic carbocycles. The van der Waals surface area contributed by atoms with E-state index in [4.69, 9.17) is 0 Å². The van der Waals surface area contributed by atoms with E-state index >= 15 is 0 Å². The monoisotopic (exact) mass is 179 g/mol. The van der Waals surface area contributed by atoms with Crippen molar-refractivity contribution in [2.45, 2.75) is 45.1 Å². The number of nitrogens with zero attached hydrogens (tertiary/aromatic N) is 1. The molecule has 2 saturated heterocycles. The summed E-state index contributed by atoms with van der Waals surface area (Å²) >= 11 is 0. The number of rotatable bonds is 3. The van der Waals surface area contributed by atoms with Crippen molar-refractivity contribution in [3.05, 3.63) is 12.2 Å². The Balaban J connectivity index is 1.90. The van der Waals surface area contributed by atoms with E-state index in [1.165, 1.54) is 37.8 Å². The summed E-state index contributed by atoms with van der Waals surface area (Å²) in [5.74, 6) is 1.01. The average Bonchev–Trinajstić information content (AvgIpc) is 2.19. The van der Waals surface area contributed by atoms with Crippen LogP contribution in [0.5, 0.6) is 0 Å². The first-order chi connectivity index (χ1) is 6.29. The van der Waals surface area contributed by atoms with Gasteiger partial charge in [0.25, 0.3) is 0 Å². The molecule has 0 amide bonds. The van der Waals surface area contributed by atoms with E-state index in [2.05, 4.69) is 18.4 Å². The molecular formula is C12H21N. The van der Waals surface area contributed by atoms with Crippen molar-refractivity contribution in [1.82, 2.24) is 4.90 Å². The predicted octanol–water partition coefficient (Wildman–Crippen LogP) is 2.83. The van der Waals surface area contributed by atoms with Crippen LogP contribution in [0.3, 0.4) is 0 Å². The maximum atomic E-state index is 4.11. The molecule has 0 radical (unpaired) electrons. The Morgan fingerprint density at radius 1 is 1.31 bits per heavy atom. The third-order valence-electron chi connectivity index (χ3n) is 3.75. The van der Waals surface area contributed by atoms with Gasteiger partial charge in [-0.1, -0.05) is 19.1 Å². The molecule has 13 heavy (non-hydrogen) atoms. The molecule has 0 aromatic rings. The molecule has 0 unspecified atom stereocenters. The molecule has 3 aliphatic rings. The highest BCUT2D eigenvalue weighted by Gasteiger charge is 2.33. The first-order valence-electron chi connectivity index (χ1n) is 5.70. The first-order valence-corrected chi connectivity index (χ1v) is 5.70. The van der Waals surface area contributed by atoms with Crippen molar-refractivity contribution in [2.24, 2.45) is 5.92 Å². The topological polar surface area (TPSA) is 3.24 Å². The summed E-state index contributed by atoms with van der Waals surface area (Å²) in [6.07, 6.45) is 7.01. The number of fused-ring (bicyclic) bond motifs is 3. The van der Waals surface area contributed by atoms with Crippen molar-refractivity contribution in [2.75, 3.05) is 13.1 Å². The van der Waals surface area contributed by atoms with Crippen molar-refractivity contribution >= 4 is 0 Å². The fourth-order valence-corrected chi connectivity index (χ4v) is 2.77. The van der Waals surface area contributed by atoms with Crippen LogP contribution < -0.4 is 0 Å². The van der Waals surface area contributed by atoms with Crippen LogP contribution in [0.25, 0.3) is 0 Å². The van der Waals surface area contributed by atoms with E-state index in [0.29, 0.717) is 0 Å². The molecule has 2 bridgehead atoms. The Bertz CT molecular complexity index is 189. The van der Waals surface area contributed by atoms with Gasteiger partial charge >= 0.3 is 0 Å². The summed E-state index contributed by atoms with van der Waals surface area (Å²) in [5.41, 5.74) is 1.41. The van der Waals surface area contributed by atoms with Gasteiger partial charge < -0.3 is 0 Å². The molecular weight excluding hydrogens is 158 g/mol. The Kier molecular flexibility index (Phi) is 2.73. The SMILES string of the molecule is C=C(CC)CN1CC2CCC1CC2. The first kappa shape index (κ1) is 9.26. The average molecular weight is 179 g/mol. The summed E-state index contributed by atoms with van der Waals surface area (Å²) in [6, 6.07) is 0.897. The van der Waals surface area contributed by atoms with Crippen LogP contribution in [0.4, 0.5) is 0 Å². The second-order valence-electron chi connectivity index (χ2n) is 4.71. The van der Waals surface area contributed by atoms with Crippen LogP contribution in [0, 0.1) is 5.92 Å². The molecule has 0 atom stereocenters. The van der Waals surface area contributed by atoms with Gasteiger partial charge in [0.1, 0.15) is 0 Å². The van der Waals surface area contributed by atoms with E-state index in [-0.39, 0.29) is 0 Å². The fraction of sp³-hybridized carbons (Fsp3) is 0.833. The fourth-order valence-electron chi connectivity index (χ4n) is 2.77. The third-order valence-corrected chi connectivity index (χ3v) is 3.75. The number of hydrogen-bond donors (Lipinski definition) is 0. The van der Waals surface area contributed by atoms with Gasteiger partial charge in [-0.05, 0) is 38.0 Å².